The summed E-state index contributed by atoms with van der Waals surface area (Å²) in [4.78, 5) is 7.00. The molecule has 2 aliphatic carbocycles. The highest BCUT2D eigenvalue weighted by atomic mass is 15.3. The molecule has 0 spiro atoms. The molecule has 108 valence electrons. The third-order valence-electron chi connectivity index (χ3n) is 5.31. The first-order chi connectivity index (χ1) is 9.13. The molecule has 19 heavy (non-hydrogen) atoms. The molecule has 0 radical (unpaired) electrons. The summed E-state index contributed by atoms with van der Waals surface area (Å²) >= 11 is 0. The zero-order valence-corrected chi connectivity index (χ0v) is 12.8. The Bertz CT molecular complexity index is 345. The van der Waals surface area contributed by atoms with Crippen LogP contribution < -0.4 is 5.32 Å². The van der Waals surface area contributed by atoms with E-state index < -0.39 is 0 Å². The number of piperidine rings is 1. The summed E-state index contributed by atoms with van der Waals surface area (Å²) in [6.07, 6.45) is 7.18. The first kappa shape index (κ1) is 13.3. The van der Waals surface area contributed by atoms with Crippen molar-refractivity contribution in [1.82, 2.24) is 10.2 Å². The van der Waals surface area contributed by atoms with Crippen molar-refractivity contribution in [2.24, 2.45) is 28.2 Å². The number of likely N-dealkylation sites (tertiary alicyclic amines) is 1. The molecular formula is C16H29N3. The van der Waals surface area contributed by atoms with Crippen LogP contribution in [-0.4, -0.2) is 37.5 Å². The average Bonchev–Trinajstić information content (AvgIpc) is 3.23. The summed E-state index contributed by atoms with van der Waals surface area (Å²) < 4.78 is 0. The summed E-state index contributed by atoms with van der Waals surface area (Å²) in [6.45, 7) is 8.22. The number of rotatable bonds is 3. The standard InChI is InChI=1S/C16H29N3/c1-12-8-13(2)10-19(9-12)15(17-3)18-11-16(6-7-16)14-4-5-14/h12-14H,4-11H2,1-3H3,(H,17,18). The van der Waals surface area contributed by atoms with Crippen molar-refractivity contribution in [3.8, 4) is 0 Å². The van der Waals surface area contributed by atoms with Gasteiger partial charge in [0, 0.05) is 26.7 Å². The van der Waals surface area contributed by atoms with Crippen molar-refractivity contribution in [2.75, 3.05) is 26.7 Å². The van der Waals surface area contributed by atoms with Crippen LogP contribution in [0.5, 0.6) is 0 Å². The molecule has 0 aromatic carbocycles. The molecular weight excluding hydrogens is 234 g/mol. The molecule has 2 atom stereocenters. The minimum absolute atomic E-state index is 0.656. The quantitative estimate of drug-likeness (QED) is 0.626. The molecule has 0 bridgehead atoms. The van der Waals surface area contributed by atoms with Crippen LogP contribution in [0.4, 0.5) is 0 Å². The predicted molar refractivity (Wildman–Crippen MR) is 80.3 cm³/mol. The van der Waals surface area contributed by atoms with Gasteiger partial charge in [-0.15, -0.1) is 0 Å². The van der Waals surface area contributed by atoms with Crippen LogP contribution in [0.25, 0.3) is 0 Å². The fourth-order valence-corrected chi connectivity index (χ4v) is 4.01. The Morgan fingerprint density at radius 2 is 1.84 bits per heavy atom. The normalized spacial score (nSPS) is 34.3. The van der Waals surface area contributed by atoms with Gasteiger partial charge in [-0.3, -0.25) is 4.99 Å². The zero-order valence-electron chi connectivity index (χ0n) is 12.8. The number of nitrogens with zero attached hydrogens (tertiary/aromatic N) is 2. The van der Waals surface area contributed by atoms with Crippen molar-refractivity contribution in [2.45, 2.75) is 46.0 Å². The van der Waals surface area contributed by atoms with E-state index in [9.17, 15) is 0 Å². The molecule has 3 nitrogen and oxygen atoms in total. The Kier molecular flexibility index (Phi) is 3.48. The minimum Gasteiger partial charge on any atom is -0.356 e. The Morgan fingerprint density at radius 1 is 1.21 bits per heavy atom. The van der Waals surface area contributed by atoms with E-state index >= 15 is 0 Å². The highest BCUT2D eigenvalue weighted by Gasteiger charge is 2.53. The number of guanidine groups is 1. The van der Waals surface area contributed by atoms with Gasteiger partial charge in [0.15, 0.2) is 5.96 Å². The van der Waals surface area contributed by atoms with E-state index in [4.69, 9.17) is 0 Å². The fourth-order valence-electron chi connectivity index (χ4n) is 4.01. The number of hydrogen-bond donors (Lipinski definition) is 1. The SMILES string of the molecule is CN=C(NCC1(C2CC2)CC1)N1CC(C)CC(C)C1. The number of aliphatic imine (C=N–C) groups is 1. The van der Waals surface area contributed by atoms with Gasteiger partial charge in [-0.25, -0.2) is 0 Å². The van der Waals surface area contributed by atoms with E-state index in [0.29, 0.717) is 5.41 Å². The van der Waals surface area contributed by atoms with Gasteiger partial charge in [-0.2, -0.15) is 0 Å². The van der Waals surface area contributed by atoms with E-state index in [1.54, 1.807) is 0 Å². The minimum atomic E-state index is 0.656. The van der Waals surface area contributed by atoms with Crippen molar-refractivity contribution in [3.05, 3.63) is 0 Å². The monoisotopic (exact) mass is 263 g/mol. The van der Waals surface area contributed by atoms with Crippen LogP contribution in [0.15, 0.2) is 4.99 Å². The largest absolute Gasteiger partial charge is 0.356 e. The lowest BCUT2D eigenvalue weighted by Gasteiger charge is -2.37. The highest BCUT2D eigenvalue weighted by Crippen LogP contribution is 2.60. The second-order valence-corrected chi connectivity index (χ2v) is 7.39. The molecule has 2 saturated carbocycles. The molecule has 0 aromatic heterocycles. The molecule has 3 aliphatic rings. The number of nitrogens with one attached hydrogen (secondary N) is 1. The first-order valence-electron chi connectivity index (χ1n) is 8.08. The van der Waals surface area contributed by atoms with Gasteiger partial charge >= 0.3 is 0 Å². The van der Waals surface area contributed by atoms with Crippen LogP contribution in [0.3, 0.4) is 0 Å². The van der Waals surface area contributed by atoms with E-state index in [2.05, 4.69) is 29.1 Å². The maximum Gasteiger partial charge on any atom is 0.193 e. The summed E-state index contributed by atoms with van der Waals surface area (Å²) in [6, 6.07) is 0. The van der Waals surface area contributed by atoms with E-state index in [0.717, 1.165) is 30.3 Å². The Balaban J connectivity index is 1.55. The van der Waals surface area contributed by atoms with Crippen LogP contribution in [0, 0.1) is 23.2 Å². The maximum absolute atomic E-state index is 4.52. The van der Waals surface area contributed by atoms with Crippen molar-refractivity contribution >= 4 is 5.96 Å². The van der Waals surface area contributed by atoms with Crippen LogP contribution >= 0.6 is 0 Å². The highest BCUT2D eigenvalue weighted by molar-refractivity contribution is 5.80. The smallest absolute Gasteiger partial charge is 0.193 e. The molecule has 1 heterocycles. The van der Waals surface area contributed by atoms with Gasteiger partial charge in [0.1, 0.15) is 0 Å². The first-order valence-corrected chi connectivity index (χ1v) is 8.08. The van der Waals surface area contributed by atoms with E-state index in [1.807, 2.05) is 7.05 Å². The summed E-state index contributed by atoms with van der Waals surface area (Å²) in [5, 5.41) is 3.68. The van der Waals surface area contributed by atoms with Crippen LogP contribution in [-0.2, 0) is 0 Å². The fraction of sp³-hybridized carbons (Fsp3) is 0.938. The third kappa shape index (κ3) is 2.90. The molecule has 1 aliphatic heterocycles. The van der Waals surface area contributed by atoms with Crippen molar-refractivity contribution < 1.29 is 0 Å². The lowest BCUT2D eigenvalue weighted by molar-refractivity contribution is 0.207. The van der Waals surface area contributed by atoms with Crippen LogP contribution in [0.1, 0.15) is 46.0 Å². The molecule has 0 aromatic rings. The van der Waals surface area contributed by atoms with Gasteiger partial charge in [0.25, 0.3) is 0 Å². The van der Waals surface area contributed by atoms with Crippen molar-refractivity contribution in [1.29, 1.82) is 0 Å². The maximum atomic E-state index is 4.52. The van der Waals surface area contributed by atoms with Gasteiger partial charge in [0.05, 0.1) is 0 Å². The summed E-state index contributed by atoms with van der Waals surface area (Å²) in [5.41, 5.74) is 0.656. The molecule has 3 rings (SSSR count). The second-order valence-electron chi connectivity index (χ2n) is 7.39. The third-order valence-corrected chi connectivity index (χ3v) is 5.31. The van der Waals surface area contributed by atoms with Crippen molar-refractivity contribution in [3.63, 3.8) is 0 Å². The second kappa shape index (κ2) is 4.99. The van der Waals surface area contributed by atoms with Gasteiger partial charge < -0.3 is 10.2 Å². The van der Waals surface area contributed by atoms with Gasteiger partial charge in [0.2, 0.25) is 0 Å². The zero-order chi connectivity index (χ0) is 13.5. The van der Waals surface area contributed by atoms with E-state index in [1.165, 1.54) is 45.2 Å². The van der Waals surface area contributed by atoms with Gasteiger partial charge in [-0.05, 0) is 55.3 Å². The topological polar surface area (TPSA) is 27.6 Å². The summed E-state index contributed by atoms with van der Waals surface area (Å²) in [7, 11) is 1.93. The molecule has 1 saturated heterocycles. The molecule has 1 N–H and O–H groups in total. The Morgan fingerprint density at radius 3 is 2.32 bits per heavy atom. The average molecular weight is 263 g/mol. The lowest BCUT2D eigenvalue weighted by Crippen LogP contribution is -2.49. The Hall–Kier alpha value is -0.730. The Labute approximate surface area is 117 Å². The predicted octanol–water partition coefficient (Wildman–Crippen LogP) is 2.73. The lowest BCUT2D eigenvalue weighted by atomic mass is 9.92. The molecule has 0 amide bonds. The summed E-state index contributed by atoms with van der Waals surface area (Å²) in [5.74, 6) is 3.75. The molecule has 3 heteroatoms. The van der Waals surface area contributed by atoms with E-state index in [-0.39, 0.29) is 0 Å². The molecule has 3 fully saturated rings. The van der Waals surface area contributed by atoms with Crippen LogP contribution in [0.2, 0.25) is 0 Å². The molecule has 2 unspecified atom stereocenters. The van der Waals surface area contributed by atoms with Gasteiger partial charge in [-0.1, -0.05) is 13.8 Å². The number of hydrogen-bond acceptors (Lipinski definition) is 1.